The van der Waals surface area contributed by atoms with Gasteiger partial charge in [0.1, 0.15) is 18.1 Å². The molecule has 126 valence electrons. The number of rotatable bonds is 3. The third-order valence-corrected chi connectivity index (χ3v) is 4.77. The molecular weight excluding hydrogens is 332 g/mol. The minimum Gasteiger partial charge on any atom is -0.338 e. The molecule has 2 aliphatic rings. The number of halogens is 1. The van der Waals surface area contributed by atoms with E-state index in [4.69, 9.17) is 16.1 Å². The Hall–Kier alpha value is -2.06. The molecule has 2 aromatic heterocycles. The highest BCUT2D eigenvalue weighted by Gasteiger charge is 2.35. The average molecular weight is 349 g/mol. The first-order chi connectivity index (χ1) is 11.6. The molecule has 1 aliphatic carbocycles. The van der Waals surface area contributed by atoms with Gasteiger partial charge in [-0.1, -0.05) is 16.8 Å². The monoisotopic (exact) mass is 348 g/mol. The molecule has 1 atom stereocenters. The Morgan fingerprint density at radius 1 is 1.38 bits per heavy atom. The van der Waals surface area contributed by atoms with E-state index in [1.54, 1.807) is 4.90 Å². The van der Waals surface area contributed by atoms with Crippen LogP contribution in [0, 0.1) is 0 Å². The lowest BCUT2D eigenvalue weighted by Crippen LogP contribution is -2.49. The molecule has 4 rings (SSSR count). The molecule has 1 amide bonds. The number of likely N-dealkylation sites (N-methyl/N-ethyl adjacent to an activating group) is 1. The van der Waals surface area contributed by atoms with Crippen molar-refractivity contribution in [2.45, 2.75) is 24.8 Å². The third kappa shape index (κ3) is 2.87. The Balaban J connectivity index is 1.53. The van der Waals surface area contributed by atoms with Crippen LogP contribution in [0.15, 0.2) is 17.0 Å². The molecule has 1 unspecified atom stereocenters. The van der Waals surface area contributed by atoms with Crippen molar-refractivity contribution in [1.82, 2.24) is 29.9 Å². The summed E-state index contributed by atoms with van der Waals surface area (Å²) in [5, 5.41) is 4.33. The van der Waals surface area contributed by atoms with Gasteiger partial charge in [0.05, 0.1) is 5.02 Å². The Morgan fingerprint density at radius 2 is 2.21 bits per heavy atom. The van der Waals surface area contributed by atoms with Gasteiger partial charge in [-0.15, -0.1) is 0 Å². The van der Waals surface area contributed by atoms with Gasteiger partial charge in [-0.2, -0.15) is 4.98 Å². The minimum absolute atomic E-state index is 0.122. The first-order valence-corrected chi connectivity index (χ1v) is 8.30. The first-order valence-electron chi connectivity index (χ1n) is 7.92. The Labute approximate surface area is 143 Å². The van der Waals surface area contributed by atoms with Crippen LogP contribution in [0.5, 0.6) is 0 Å². The molecule has 24 heavy (non-hydrogen) atoms. The molecule has 0 aromatic carbocycles. The van der Waals surface area contributed by atoms with Crippen LogP contribution in [0.3, 0.4) is 0 Å². The molecule has 9 heteroatoms. The van der Waals surface area contributed by atoms with Crippen molar-refractivity contribution < 1.29 is 9.32 Å². The lowest BCUT2D eigenvalue weighted by atomic mass is 10.1. The lowest BCUT2D eigenvalue weighted by Gasteiger charge is -2.37. The van der Waals surface area contributed by atoms with E-state index in [1.165, 1.54) is 12.5 Å². The second kappa shape index (κ2) is 6.10. The molecule has 2 aromatic rings. The van der Waals surface area contributed by atoms with Gasteiger partial charge in [0.15, 0.2) is 5.82 Å². The van der Waals surface area contributed by atoms with E-state index in [1.807, 2.05) is 7.05 Å². The summed E-state index contributed by atoms with van der Waals surface area (Å²) < 4.78 is 5.44. The second-order valence-corrected chi connectivity index (χ2v) is 6.64. The van der Waals surface area contributed by atoms with Crippen molar-refractivity contribution in [3.05, 3.63) is 35.0 Å². The molecule has 3 heterocycles. The average Bonchev–Trinajstić information content (AvgIpc) is 3.33. The van der Waals surface area contributed by atoms with Gasteiger partial charge in [0, 0.05) is 31.7 Å². The molecule has 1 aliphatic heterocycles. The maximum atomic E-state index is 12.7. The molecule has 2 fully saturated rings. The fraction of sp³-hybridized carbons (Fsp3) is 0.533. The summed E-state index contributed by atoms with van der Waals surface area (Å²) in [4.78, 5) is 28.9. The predicted molar refractivity (Wildman–Crippen MR) is 84.6 cm³/mol. The lowest BCUT2D eigenvalue weighted by molar-refractivity contribution is 0.0484. The number of hydrogen-bond donors (Lipinski definition) is 0. The summed E-state index contributed by atoms with van der Waals surface area (Å²) in [6, 6.07) is -0.122. The molecule has 0 bridgehead atoms. The van der Waals surface area contributed by atoms with Gasteiger partial charge < -0.3 is 9.42 Å². The van der Waals surface area contributed by atoms with Crippen molar-refractivity contribution in [3.63, 3.8) is 0 Å². The molecule has 8 nitrogen and oxygen atoms in total. The zero-order valence-corrected chi connectivity index (χ0v) is 14.0. The van der Waals surface area contributed by atoms with Crippen molar-refractivity contribution in [3.8, 4) is 0 Å². The Bertz CT molecular complexity index is 762. The largest absolute Gasteiger partial charge is 0.338 e. The van der Waals surface area contributed by atoms with Crippen molar-refractivity contribution in [2.75, 3.05) is 26.7 Å². The van der Waals surface area contributed by atoms with Gasteiger partial charge in [-0.25, -0.2) is 9.97 Å². The summed E-state index contributed by atoms with van der Waals surface area (Å²) >= 11 is 6.04. The maximum Gasteiger partial charge on any atom is 0.274 e. The standard InChI is InChI=1S/C15H17ClN6O2/c1-21-4-5-22(15(23)12-10(16)6-17-8-18-12)7-11(21)14-19-13(20-24-14)9-2-3-9/h6,8-9,11H,2-5,7H2,1H3. The summed E-state index contributed by atoms with van der Waals surface area (Å²) in [7, 11) is 1.99. The zero-order chi connectivity index (χ0) is 16.7. The highest BCUT2D eigenvalue weighted by atomic mass is 35.5. The fourth-order valence-electron chi connectivity index (χ4n) is 2.83. The summed E-state index contributed by atoms with van der Waals surface area (Å²) in [5.74, 6) is 1.57. The van der Waals surface area contributed by atoms with Crippen LogP contribution in [0.1, 0.15) is 47.0 Å². The fourth-order valence-corrected chi connectivity index (χ4v) is 3.02. The van der Waals surface area contributed by atoms with Crippen LogP contribution in [0.2, 0.25) is 5.02 Å². The molecule has 1 saturated carbocycles. The predicted octanol–water partition coefficient (Wildman–Crippen LogP) is 1.52. The van der Waals surface area contributed by atoms with Gasteiger partial charge in [0.2, 0.25) is 5.89 Å². The topological polar surface area (TPSA) is 88.2 Å². The van der Waals surface area contributed by atoms with Crippen LogP contribution >= 0.6 is 11.6 Å². The van der Waals surface area contributed by atoms with E-state index >= 15 is 0 Å². The molecular formula is C15H17ClN6O2. The van der Waals surface area contributed by atoms with Crippen molar-refractivity contribution in [1.29, 1.82) is 0 Å². The number of hydrogen-bond acceptors (Lipinski definition) is 7. The Morgan fingerprint density at radius 3 is 2.96 bits per heavy atom. The first kappa shape index (κ1) is 15.5. The maximum absolute atomic E-state index is 12.7. The van der Waals surface area contributed by atoms with E-state index < -0.39 is 0 Å². The van der Waals surface area contributed by atoms with Crippen molar-refractivity contribution in [2.24, 2.45) is 0 Å². The van der Waals surface area contributed by atoms with E-state index in [9.17, 15) is 4.79 Å². The van der Waals surface area contributed by atoms with Crippen LogP contribution in [0.25, 0.3) is 0 Å². The highest BCUT2D eigenvalue weighted by molar-refractivity contribution is 6.33. The quantitative estimate of drug-likeness (QED) is 0.830. The van der Waals surface area contributed by atoms with Crippen LogP contribution in [-0.2, 0) is 0 Å². The molecule has 0 N–H and O–H groups in total. The number of carbonyl (C=O) groups excluding carboxylic acids is 1. The van der Waals surface area contributed by atoms with Crippen molar-refractivity contribution >= 4 is 17.5 Å². The number of aromatic nitrogens is 4. The van der Waals surface area contributed by atoms with E-state index in [2.05, 4.69) is 25.0 Å². The second-order valence-electron chi connectivity index (χ2n) is 6.23. The molecule has 0 radical (unpaired) electrons. The van der Waals surface area contributed by atoms with Gasteiger partial charge in [-0.05, 0) is 19.9 Å². The smallest absolute Gasteiger partial charge is 0.274 e. The van der Waals surface area contributed by atoms with Crippen LogP contribution < -0.4 is 0 Å². The van der Waals surface area contributed by atoms with Crippen LogP contribution in [-0.4, -0.2) is 62.5 Å². The van der Waals surface area contributed by atoms with Gasteiger partial charge >= 0.3 is 0 Å². The number of nitrogens with zero attached hydrogens (tertiary/aromatic N) is 6. The summed E-state index contributed by atoms with van der Waals surface area (Å²) in [6.07, 6.45) is 4.99. The van der Waals surface area contributed by atoms with Gasteiger partial charge in [-0.3, -0.25) is 9.69 Å². The molecule has 1 saturated heterocycles. The van der Waals surface area contributed by atoms with E-state index in [-0.39, 0.29) is 22.7 Å². The number of amides is 1. The zero-order valence-electron chi connectivity index (χ0n) is 13.2. The summed E-state index contributed by atoms with van der Waals surface area (Å²) in [6.45, 7) is 1.76. The van der Waals surface area contributed by atoms with E-state index in [0.29, 0.717) is 31.4 Å². The number of piperazine rings is 1. The minimum atomic E-state index is -0.206. The van der Waals surface area contributed by atoms with Gasteiger partial charge in [0.25, 0.3) is 5.91 Å². The summed E-state index contributed by atoms with van der Waals surface area (Å²) in [5.41, 5.74) is 0.221. The number of carbonyl (C=O) groups is 1. The van der Waals surface area contributed by atoms with Crippen LogP contribution in [0.4, 0.5) is 0 Å². The normalized spacial score (nSPS) is 21.9. The van der Waals surface area contributed by atoms with E-state index in [0.717, 1.165) is 18.7 Å². The third-order valence-electron chi connectivity index (χ3n) is 4.49. The Kier molecular flexibility index (Phi) is 3.93. The highest BCUT2D eigenvalue weighted by Crippen LogP contribution is 2.38. The SMILES string of the molecule is CN1CCN(C(=O)c2ncncc2Cl)CC1c1nc(C2CC2)no1. The molecule has 0 spiro atoms.